The maximum absolute atomic E-state index is 14.2. The molecule has 0 aromatic heterocycles. The highest BCUT2D eigenvalue weighted by Crippen LogP contribution is 2.50. The van der Waals surface area contributed by atoms with Gasteiger partial charge in [0, 0.05) is 0 Å². The van der Waals surface area contributed by atoms with Crippen molar-refractivity contribution in [2.75, 3.05) is 0 Å². The van der Waals surface area contributed by atoms with Gasteiger partial charge in [-0.25, -0.2) is 17.9 Å². The van der Waals surface area contributed by atoms with Crippen LogP contribution in [0.5, 0.6) is 0 Å². The number of aryl methyl sites for hydroxylation is 2. The van der Waals surface area contributed by atoms with E-state index < -0.39 is 44.7 Å². The monoisotopic (exact) mass is 447 g/mol. The number of alkyl halides is 3. The van der Waals surface area contributed by atoms with E-state index in [0.717, 1.165) is 6.07 Å². The average Bonchev–Trinajstić information content (AvgIpc) is 2.56. The van der Waals surface area contributed by atoms with E-state index in [0.29, 0.717) is 11.1 Å². The zero-order valence-corrected chi connectivity index (χ0v) is 17.9. The Hall–Kier alpha value is -1.97. The van der Waals surface area contributed by atoms with E-state index in [1.165, 1.54) is 50.2 Å². The molecule has 1 unspecified atom stereocenters. The second kappa shape index (κ2) is 7.94. The van der Waals surface area contributed by atoms with Gasteiger partial charge in [0.05, 0.1) is 0 Å². The Bertz CT molecular complexity index is 1020. The van der Waals surface area contributed by atoms with Crippen molar-refractivity contribution in [3.05, 3.63) is 70.5 Å². The van der Waals surface area contributed by atoms with Crippen LogP contribution in [-0.2, 0) is 15.4 Å². The van der Waals surface area contributed by atoms with Crippen molar-refractivity contribution in [3.63, 3.8) is 0 Å². The lowest BCUT2D eigenvalue weighted by molar-refractivity contribution is -0.268. The van der Waals surface area contributed by atoms with Crippen LogP contribution in [0.4, 0.5) is 17.6 Å². The predicted molar refractivity (Wildman–Crippen MR) is 107 cm³/mol. The number of sulfonamides is 1. The Labute approximate surface area is 173 Å². The Balaban J connectivity index is 2.71. The number of halogens is 4. The molecule has 0 aliphatic rings. The Morgan fingerprint density at radius 2 is 1.57 bits per heavy atom. The van der Waals surface area contributed by atoms with Crippen molar-refractivity contribution >= 4 is 10.0 Å². The summed E-state index contributed by atoms with van der Waals surface area (Å²) in [5, 5.41) is 13.7. The molecule has 2 rings (SSSR count). The first-order valence-electron chi connectivity index (χ1n) is 9.13. The van der Waals surface area contributed by atoms with E-state index in [1.807, 2.05) is 0 Å². The van der Waals surface area contributed by atoms with E-state index in [9.17, 15) is 31.1 Å². The minimum atomic E-state index is -5.34. The molecule has 4 nitrogen and oxygen atoms in total. The first-order valence-corrected chi connectivity index (χ1v) is 10.7. The summed E-state index contributed by atoms with van der Waals surface area (Å²) in [6, 6.07) is 8.94. The quantitative estimate of drug-likeness (QED) is 0.643. The number of nitrogens with two attached hydrogens (primary N) is 1. The zero-order chi connectivity index (χ0) is 23.1. The predicted octanol–water partition coefficient (Wildman–Crippen LogP) is 4.43. The smallest absolute Gasteiger partial charge is 0.379 e. The molecule has 2 aromatic rings. The molecule has 0 aliphatic heterocycles. The fraction of sp³-hybridized carbons (Fsp3) is 0.429. The summed E-state index contributed by atoms with van der Waals surface area (Å²) in [5.41, 5.74) is -4.02. The molecular formula is C21H25F4NO3S. The van der Waals surface area contributed by atoms with Gasteiger partial charge >= 0.3 is 6.18 Å². The highest BCUT2D eigenvalue weighted by molar-refractivity contribution is 7.89. The summed E-state index contributed by atoms with van der Waals surface area (Å²) in [4.78, 5) is 0. The lowest BCUT2D eigenvalue weighted by Gasteiger charge is -2.42. The van der Waals surface area contributed by atoms with Gasteiger partial charge in [0.1, 0.15) is 11.1 Å². The molecule has 0 bridgehead atoms. The largest absolute Gasteiger partial charge is 0.418 e. The van der Waals surface area contributed by atoms with Gasteiger partial charge in [-0.15, -0.1) is 0 Å². The SMILES string of the molecule is Cc1ccc(C([C@](O)(CC(C)(C)c2cc(F)ccc2C)C(F)(F)F)S(N)(=O)=O)cc1. The van der Waals surface area contributed by atoms with Gasteiger partial charge in [0.2, 0.25) is 10.0 Å². The number of benzene rings is 2. The van der Waals surface area contributed by atoms with Crippen LogP contribution in [0.3, 0.4) is 0 Å². The average molecular weight is 447 g/mol. The standard InChI is InChI=1S/C21H25F4NO3S/c1-13-5-8-15(9-6-13)18(30(26,28)29)20(27,21(23,24)25)12-19(3,4)17-11-16(22)10-7-14(17)2/h5-11,18,27H,12H2,1-4H3,(H2,26,28,29)/t18?,20-/m1/s1. The summed E-state index contributed by atoms with van der Waals surface area (Å²) in [6.45, 7) is 6.06. The van der Waals surface area contributed by atoms with E-state index in [4.69, 9.17) is 5.14 Å². The molecule has 0 fully saturated rings. The van der Waals surface area contributed by atoms with Gasteiger partial charge in [-0.05, 0) is 54.5 Å². The van der Waals surface area contributed by atoms with Crippen LogP contribution in [0.2, 0.25) is 0 Å². The second-order valence-corrected chi connectivity index (χ2v) is 9.97. The highest BCUT2D eigenvalue weighted by atomic mass is 32.2. The first-order chi connectivity index (χ1) is 13.5. The maximum Gasteiger partial charge on any atom is 0.418 e. The molecule has 30 heavy (non-hydrogen) atoms. The van der Waals surface area contributed by atoms with Gasteiger partial charge in [-0.1, -0.05) is 49.7 Å². The number of hydrogen-bond acceptors (Lipinski definition) is 3. The first kappa shape index (κ1) is 24.3. The van der Waals surface area contributed by atoms with Crippen molar-refractivity contribution in [3.8, 4) is 0 Å². The molecule has 166 valence electrons. The molecule has 9 heteroatoms. The fourth-order valence-corrected chi connectivity index (χ4v) is 5.21. The van der Waals surface area contributed by atoms with Gasteiger partial charge in [0.15, 0.2) is 5.60 Å². The number of aliphatic hydroxyl groups is 1. The Morgan fingerprint density at radius 1 is 1.03 bits per heavy atom. The van der Waals surface area contributed by atoms with Crippen LogP contribution >= 0.6 is 0 Å². The van der Waals surface area contributed by atoms with Crippen molar-refractivity contribution in [1.29, 1.82) is 0 Å². The van der Waals surface area contributed by atoms with Gasteiger partial charge in [-0.3, -0.25) is 0 Å². The molecule has 0 amide bonds. The normalized spacial score (nSPS) is 16.2. The van der Waals surface area contributed by atoms with Crippen LogP contribution < -0.4 is 5.14 Å². The van der Waals surface area contributed by atoms with Gasteiger partial charge < -0.3 is 5.11 Å². The third-order valence-electron chi connectivity index (χ3n) is 5.27. The summed E-state index contributed by atoms with van der Waals surface area (Å²) in [5.74, 6) is -0.652. The zero-order valence-electron chi connectivity index (χ0n) is 17.1. The number of rotatable bonds is 6. The van der Waals surface area contributed by atoms with Crippen LogP contribution in [0.25, 0.3) is 0 Å². The lowest BCUT2D eigenvalue weighted by Crippen LogP contribution is -2.56. The third kappa shape index (κ3) is 4.84. The molecule has 2 atom stereocenters. The number of primary sulfonamides is 1. The second-order valence-electron chi connectivity index (χ2n) is 8.32. The van der Waals surface area contributed by atoms with E-state index in [2.05, 4.69) is 0 Å². The third-order valence-corrected chi connectivity index (χ3v) is 6.59. The highest BCUT2D eigenvalue weighted by Gasteiger charge is 2.64. The molecule has 0 saturated heterocycles. The summed E-state index contributed by atoms with van der Waals surface area (Å²) >= 11 is 0. The van der Waals surface area contributed by atoms with E-state index in [-0.39, 0.29) is 11.1 Å². The summed E-state index contributed by atoms with van der Waals surface area (Å²) < 4.78 is 81.1. The van der Waals surface area contributed by atoms with E-state index in [1.54, 1.807) is 13.8 Å². The topological polar surface area (TPSA) is 80.4 Å². The van der Waals surface area contributed by atoms with Crippen LogP contribution in [0.15, 0.2) is 42.5 Å². The van der Waals surface area contributed by atoms with Gasteiger partial charge in [0.25, 0.3) is 0 Å². The van der Waals surface area contributed by atoms with Crippen molar-refractivity contribution in [2.45, 2.75) is 56.6 Å². The van der Waals surface area contributed by atoms with Crippen molar-refractivity contribution < 1.29 is 31.1 Å². The minimum absolute atomic E-state index is 0.224. The molecule has 0 aliphatic carbocycles. The molecule has 2 aromatic carbocycles. The lowest BCUT2D eigenvalue weighted by atomic mass is 9.71. The Morgan fingerprint density at radius 3 is 2.03 bits per heavy atom. The van der Waals surface area contributed by atoms with Crippen molar-refractivity contribution in [2.24, 2.45) is 5.14 Å². The summed E-state index contributed by atoms with van der Waals surface area (Å²) in [6.07, 6.45) is -6.39. The molecular weight excluding hydrogens is 422 g/mol. The molecule has 0 heterocycles. The van der Waals surface area contributed by atoms with Crippen LogP contribution in [0.1, 0.15) is 47.8 Å². The summed E-state index contributed by atoms with van der Waals surface area (Å²) in [7, 11) is -4.89. The minimum Gasteiger partial charge on any atom is -0.379 e. The van der Waals surface area contributed by atoms with Gasteiger partial charge in [-0.2, -0.15) is 13.2 Å². The Kier molecular flexibility index (Phi) is 6.43. The molecule has 0 radical (unpaired) electrons. The molecule has 0 spiro atoms. The maximum atomic E-state index is 14.2. The van der Waals surface area contributed by atoms with Crippen LogP contribution in [-0.4, -0.2) is 25.3 Å². The molecule has 0 saturated carbocycles. The number of hydrogen-bond donors (Lipinski definition) is 2. The van der Waals surface area contributed by atoms with Crippen LogP contribution in [0, 0.1) is 19.7 Å². The molecule has 3 N–H and O–H groups in total. The van der Waals surface area contributed by atoms with Crippen molar-refractivity contribution in [1.82, 2.24) is 0 Å². The van der Waals surface area contributed by atoms with E-state index >= 15 is 0 Å². The fourth-order valence-electron chi connectivity index (χ4n) is 3.91.